The second-order valence-corrected chi connectivity index (χ2v) is 6.77. The molecule has 0 atom stereocenters. The molecule has 1 heterocycles. The molecule has 1 aromatic heterocycles. The highest BCUT2D eigenvalue weighted by molar-refractivity contribution is 5.95. The lowest BCUT2D eigenvalue weighted by molar-refractivity contribution is -0.143. The number of amides is 1. The van der Waals surface area contributed by atoms with E-state index >= 15 is 0 Å². The molecule has 7 heteroatoms. The highest BCUT2D eigenvalue weighted by Gasteiger charge is 2.40. The maximum atomic E-state index is 13.6. The molecular weight excluding hydrogens is 355 g/mol. The van der Waals surface area contributed by atoms with Gasteiger partial charge in [-0.2, -0.15) is 18.3 Å². The number of carbonyl (C=O) groups is 1. The quantitative estimate of drug-likeness (QED) is 0.760. The first-order chi connectivity index (χ1) is 12.9. The molecule has 3 rings (SSSR count). The number of aryl methyl sites for hydroxylation is 1. The van der Waals surface area contributed by atoms with Crippen LogP contribution >= 0.6 is 0 Å². The molecule has 1 amide bonds. The third-order valence-electron chi connectivity index (χ3n) is 4.68. The third kappa shape index (κ3) is 4.59. The minimum absolute atomic E-state index is 0.263. The molecule has 1 N–H and O–H groups in total. The van der Waals surface area contributed by atoms with E-state index in [1.165, 1.54) is 12.0 Å². The number of hydrogen-bond donors (Lipinski definition) is 1. The SMILES string of the molecule is Cc1ccc(-n2ncc(C(=O)NCCC3=CCCCC3)c2C(F)(F)F)cc1. The van der Waals surface area contributed by atoms with Gasteiger partial charge >= 0.3 is 6.18 Å². The third-order valence-corrected chi connectivity index (χ3v) is 4.68. The summed E-state index contributed by atoms with van der Waals surface area (Å²) in [5.41, 5.74) is 0.933. The van der Waals surface area contributed by atoms with Gasteiger partial charge in [-0.15, -0.1) is 0 Å². The van der Waals surface area contributed by atoms with Gasteiger partial charge in [0.2, 0.25) is 0 Å². The van der Waals surface area contributed by atoms with Crippen LogP contribution in [-0.2, 0) is 6.18 Å². The molecule has 1 aliphatic carbocycles. The van der Waals surface area contributed by atoms with Gasteiger partial charge in [-0.3, -0.25) is 4.79 Å². The summed E-state index contributed by atoms with van der Waals surface area (Å²) < 4.78 is 41.7. The fourth-order valence-corrected chi connectivity index (χ4v) is 3.23. The number of allylic oxidation sites excluding steroid dienone is 1. The Balaban J connectivity index is 1.79. The fraction of sp³-hybridized carbons (Fsp3) is 0.400. The fourth-order valence-electron chi connectivity index (χ4n) is 3.23. The van der Waals surface area contributed by atoms with E-state index in [-0.39, 0.29) is 5.69 Å². The minimum atomic E-state index is -4.69. The molecule has 0 aliphatic heterocycles. The first-order valence-electron chi connectivity index (χ1n) is 9.04. The molecule has 0 unspecified atom stereocenters. The molecule has 0 saturated carbocycles. The summed E-state index contributed by atoms with van der Waals surface area (Å²) in [6.07, 6.45) is 3.44. The molecule has 0 fully saturated rings. The van der Waals surface area contributed by atoms with Gasteiger partial charge in [0.25, 0.3) is 5.91 Å². The van der Waals surface area contributed by atoms with E-state index in [0.29, 0.717) is 13.0 Å². The summed E-state index contributed by atoms with van der Waals surface area (Å²) in [6.45, 7) is 2.16. The van der Waals surface area contributed by atoms with Gasteiger partial charge in [-0.05, 0) is 51.2 Å². The number of nitrogens with zero attached hydrogens (tertiary/aromatic N) is 2. The van der Waals surface area contributed by atoms with E-state index < -0.39 is 23.3 Å². The van der Waals surface area contributed by atoms with Crippen molar-refractivity contribution >= 4 is 5.91 Å². The Hall–Kier alpha value is -2.57. The highest BCUT2D eigenvalue weighted by atomic mass is 19.4. The van der Waals surface area contributed by atoms with Gasteiger partial charge in [0.05, 0.1) is 17.4 Å². The Morgan fingerprint density at radius 3 is 2.59 bits per heavy atom. The van der Waals surface area contributed by atoms with Crippen molar-refractivity contribution in [3.05, 3.63) is 58.9 Å². The Kier molecular flexibility index (Phi) is 5.68. The first-order valence-corrected chi connectivity index (χ1v) is 9.04. The molecule has 0 radical (unpaired) electrons. The van der Waals surface area contributed by atoms with Gasteiger partial charge in [-0.25, -0.2) is 4.68 Å². The molecule has 2 aromatic rings. The van der Waals surface area contributed by atoms with Crippen molar-refractivity contribution in [2.24, 2.45) is 0 Å². The number of alkyl halides is 3. The average molecular weight is 377 g/mol. The second kappa shape index (κ2) is 7.98. The lowest BCUT2D eigenvalue weighted by atomic mass is 9.97. The minimum Gasteiger partial charge on any atom is -0.352 e. The van der Waals surface area contributed by atoms with Gasteiger partial charge in [0.1, 0.15) is 0 Å². The van der Waals surface area contributed by atoms with Crippen LogP contribution in [0, 0.1) is 6.92 Å². The Morgan fingerprint density at radius 2 is 1.96 bits per heavy atom. The molecule has 4 nitrogen and oxygen atoms in total. The highest BCUT2D eigenvalue weighted by Crippen LogP contribution is 2.33. The lowest BCUT2D eigenvalue weighted by Crippen LogP contribution is -2.27. The Morgan fingerprint density at radius 1 is 1.22 bits per heavy atom. The Labute approximate surface area is 156 Å². The normalized spacial score (nSPS) is 14.7. The van der Waals surface area contributed by atoms with Crippen molar-refractivity contribution in [1.82, 2.24) is 15.1 Å². The van der Waals surface area contributed by atoms with Crippen LogP contribution < -0.4 is 5.32 Å². The first kappa shape index (κ1) is 19.2. The number of rotatable bonds is 5. The number of aromatic nitrogens is 2. The van der Waals surface area contributed by atoms with Crippen LogP contribution in [0.15, 0.2) is 42.1 Å². The van der Waals surface area contributed by atoms with E-state index in [0.717, 1.165) is 35.7 Å². The van der Waals surface area contributed by atoms with E-state index in [1.54, 1.807) is 24.3 Å². The molecule has 144 valence electrons. The van der Waals surface area contributed by atoms with E-state index in [9.17, 15) is 18.0 Å². The largest absolute Gasteiger partial charge is 0.434 e. The van der Waals surface area contributed by atoms with E-state index in [4.69, 9.17) is 0 Å². The monoisotopic (exact) mass is 377 g/mol. The molecule has 1 aromatic carbocycles. The summed E-state index contributed by atoms with van der Waals surface area (Å²) in [4.78, 5) is 12.4. The van der Waals surface area contributed by atoms with Crippen molar-refractivity contribution in [3.63, 3.8) is 0 Å². The van der Waals surface area contributed by atoms with Crippen LogP contribution in [0.3, 0.4) is 0 Å². The molecule has 0 saturated heterocycles. The summed E-state index contributed by atoms with van der Waals surface area (Å²) in [5.74, 6) is -0.753. The predicted octanol–water partition coefficient (Wildman–Crippen LogP) is 4.82. The smallest absolute Gasteiger partial charge is 0.352 e. The standard InChI is InChI=1S/C20H22F3N3O/c1-14-7-9-16(10-8-14)26-18(20(21,22)23)17(13-25-26)19(27)24-12-11-15-5-3-2-4-6-15/h5,7-10,13H,2-4,6,11-12H2,1H3,(H,24,27). The number of benzene rings is 1. The number of carbonyl (C=O) groups excluding carboxylic acids is 1. The summed E-state index contributed by atoms with van der Waals surface area (Å²) >= 11 is 0. The maximum Gasteiger partial charge on any atom is 0.434 e. The zero-order valence-electron chi connectivity index (χ0n) is 15.1. The zero-order chi connectivity index (χ0) is 19.4. The van der Waals surface area contributed by atoms with Crippen molar-refractivity contribution in [2.45, 2.75) is 45.2 Å². The zero-order valence-corrected chi connectivity index (χ0v) is 15.1. The topological polar surface area (TPSA) is 46.9 Å². The average Bonchev–Trinajstić information content (AvgIpc) is 3.09. The summed E-state index contributed by atoms with van der Waals surface area (Å²) in [6, 6.07) is 6.51. The van der Waals surface area contributed by atoms with Gasteiger partial charge in [0.15, 0.2) is 5.69 Å². The van der Waals surface area contributed by atoms with E-state index in [2.05, 4.69) is 16.5 Å². The predicted molar refractivity (Wildman–Crippen MR) is 96.8 cm³/mol. The number of hydrogen-bond acceptors (Lipinski definition) is 2. The lowest BCUT2D eigenvalue weighted by Gasteiger charge is -2.14. The maximum absolute atomic E-state index is 13.6. The number of nitrogens with one attached hydrogen (secondary N) is 1. The molecule has 0 bridgehead atoms. The van der Waals surface area contributed by atoms with Crippen molar-refractivity contribution in [2.75, 3.05) is 6.54 Å². The van der Waals surface area contributed by atoms with Crippen LogP contribution in [0.25, 0.3) is 5.69 Å². The second-order valence-electron chi connectivity index (χ2n) is 6.77. The van der Waals surface area contributed by atoms with Crippen molar-refractivity contribution in [1.29, 1.82) is 0 Å². The molecule has 1 aliphatic rings. The van der Waals surface area contributed by atoms with Crippen LogP contribution in [0.2, 0.25) is 0 Å². The van der Waals surface area contributed by atoms with Gasteiger partial charge in [-0.1, -0.05) is 29.3 Å². The van der Waals surface area contributed by atoms with Crippen molar-refractivity contribution < 1.29 is 18.0 Å². The molecule has 0 spiro atoms. The number of halogens is 3. The van der Waals surface area contributed by atoms with Gasteiger partial charge in [0, 0.05) is 6.54 Å². The van der Waals surface area contributed by atoms with Crippen LogP contribution in [-0.4, -0.2) is 22.2 Å². The van der Waals surface area contributed by atoms with Crippen LogP contribution in [0.4, 0.5) is 13.2 Å². The molecule has 27 heavy (non-hydrogen) atoms. The van der Waals surface area contributed by atoms with Crippen LogP contribution in [0.5, 0.6) is 0 Å². The van der Waals surface area contributed by atoms with E-state index in [1.807, 2.05) is 6.92 Å². The summed E-state index contributed by atoms with van der Waals surface area (Å²) in [5, 5.41) is 6.43. The van der Waals surface area contributed by atoms with Crippen LogP contribution in [0.1, 0.15) is 53.7 Å². The summed E-state index contributed by atoms with van der Waals surface area (Å²) in [7, 11) is 0. The Bertz CT molecular complexity index is 835. The van der Waals surface area contributed by atoms with Gasteiger partial charge < -0.3 is 5.32 Å². The molecular formula is C20H22F3N3O. The van der Waals surface area contributed by atoms with Crippen molar-refractivity contribution in [3.8, 4) is 5.69 Å².